The zero-order valence-electron chi connectivity index (χ0n) is 15.4. The highest BCUT2D eigenvalue weighted by atomic mass is 32.1. The van der Waals surface area contributed by atoms with Crippen LogP contribution in [-0.2, 0) is 0 Å². The van der Waals surface area contributed by atoms with Crippen molar-refractivity contribution in [2.45, 2.75) is 6.36 Å². The second-order valence-corrected chi connectivity index (χ2v) is 7.19. The number of aromatic nitrogens is 1. The Morgan fingerprint density at radius 1 is 1.00 bits per heavy atom. The first kappa shape index (κ1) is 20.4. The molecule has 2 N–H and O–H groups in total. The molecule has 4 aromatic rings. The van der Waals surface area contributed by atoms with Gasteiger partial charge in [-0.1, -0.05) is 11.3 Å². The van der Waals surface area contributed by atoms with Crippen molar-refractivity contribution in [3.05, 3.63) is 72.2 Å². The van der Waals surface area contributed by atoms with Crippen LogP contribution in [0.5, 0.6) is 5.75 Å². The topological polar surface area (TPSA) is 93.5 Å². The predicted octanol–water partition coefficient (Wildman–Crippen LogP) is 5.29. The molecule has 0 saturated heterocycles. The number of amides is 2. The van der Waals surface area contributed by atoms with E-state index in [-0.39, 0.29) is 16.6 Å². The molecule has 158 valence electrons. The molecule has 0 atom stereocenters. The number of fused-ring (bicyclic) bond motifs is 1. The standard InChI is InChI=1S/C20H12F3N3O4S/c21-20(22,23)30-13-7-8-14-16(10-13)31-19(25-14)26-17(27)11-3-5-12(6-4-11)24-18(28)15-2-1-9-29-15/h1-10H,(H,24,28)(H,25,26,27). The smallest absolute Gasteiger partial charge is 0.459 e. The first-order valence-electron chi connectivity index (χ1n) is 8.69. The number of rotatable bonds is 5. The van der Waals surface area contributed by atoms with Crippen LogP contribution < -0.4 is 15.4 Å². The van der Waals surface area contributed by atoms with Gasteiger partial charge in [0.05, 0.1) is 16.5 Å². The van der Waals surface area contributed by atoms with Crippen LogP contribution in [0.25, 0.3) is 10.2 Å². The molecule has 4 rings (SSSR count). The monoisotopic (exact) mass is 447 g/mol. The molecule has 0 fully saturated rings. The lowest BCUT2D eigenvalue weighted by Crippen LogP contribution is -2.16. The maximum Gasteiger partial charge on any atom is 0.573 e. The van der Waals surface area contributed by atoms with Crippen LogP contribution in [0.15, 0.2) is 65.3 Å². The minimum absolute atomic E-state index is 0.154. The van der Waals surface area contributed by atoms with E-state index in [0.717, 1.165) is 17.4 Å². The lowest BCUT2D eigenvalue weighted by atomic mass is 10.2. The van der Waals surface area contributed by atoms with E-state index < -0.39 is 18.2 Å². The molecule has 0 aliphatic rings. The van der Waals surface area contributed by atoms with Gasteiger partial charge in [0.15, 0.2) is 10.9 Å². The van der Waals surface area contributed by atoms with Crippen LogP contribution in [0, 0.1) is 0 Å². The van der Waals surface area contributed by atoms with E-state index in [1.807, 2.05) is 0 Å². The SMILES string of the molecule is O=C(Nc1nc2ccc(OC(F)(F)F)cc2s1)c1ccc(NC(=O)c2ccco2)cc1. The van der Waals surface area contributed by atoms with Crippen LogP contribution in [0.1, 0.15) is 20.9 Å². The summed E-state index contributed by atoms with van der Waals surface area (Å²) in [5, 5.41) is 5.46. The summed E-state index contributed by atoms with van der Waals surface area (Å²) >= 11 is 1.01. The Bertz CT molecular complexity index is 1240. The van der Waals surface area contributed by atoms with Gasteiger partial charge in [-0.3, -0.25) is 14.9 Å². The second kappa shape index (κ2) is 8.11. The van der Waals surface area contributed by atoms with Gasteiger partial charge in [0, 0.05) is 17.3 Å². The molecular weight excluding hydrogens is 435 g/mol. The Morgan fingerprint density at radius 2 is 1.77 bits per heavy atom. The van der Waals surface area contributed by atoms with Gasteiger partial charge in [-0.2, -0.15) is 0 Å². The minimum atomic E-state index is -4.79. The number of halogens is 3. The largest absolute Gasteiger partial charge is 0.573 e. The molecule has 2 amide bonds. The number of furan rings is 1. The summed E-state index contributed by atoms with van der Waals surface area (Å²) in [6, 6.07) is 13.0. The molecule has 2 aromatic heterocycles. The second-order valence-electron chi connectivity index (χ2n) is 6.16. The Morgan fingerprint density at radius 3 is 2.45 bits per heavy atom. The molecule has 0 spiro atoms. The maximum atomic E-state index is 12.4. The normalized spacial score (nSPS) is 11.3. The molecule has 2 heterocycles. The van der Waals surface area contributed by atoms with Gasteiger partial charge in [0.25, 0.3) is 11.8 Å². The molecule has 0 unspecified atom stereocenters. The van der Waals surface area contributed by atoms with Crippen molar-refractivity contribution >= 4 is 44.2 Å². The van der Waals surface area contributed by atoms with Gasteiger partial charge in [-0.15, -0.1) is 13.2 Å². The van der Waals surface area contributed by atoms with Crippen molar-refractivity contribution in [3.8, 4) is 5.75 Å². The highest BCUT2D eigenvalue weighted by molar-refractivity contribution is 7.22. The molecule has 0 radical (unpaired) electrons. The van der Waals surface area contributed by atoms with Gasteiger partial charge in [-0.25, -0.2) is 4.98 Å². The molecule has 0 bridgehead atoms. The van der Waals surface area contributed by atoms with E-state index >= 15 is 0 Å². The van der Waals surface area contributed by atoms with E-state index in [2.05, 4.69) is 20.4 Å². The summed E-state index contributed by atoms with van der Waals surface area (Å²) in [7, 11) is 0. The van der Waals surface area contributed by atoms with E-state index in [1.54, 1.807) is 18.2 Å². The summed E-state index contributed by atoms with van der Waals surface area (Å²) in [6.07, 6.45) is -3.41. The average molecular weight is 447 g/mol. The molecule has 2 aromatic carbocycles. The number of hydrogen-bond acceptors (Lipinski definition) is 6. The fourth-order valence-electron chi connectivity index (χ4n) is 2.63. The number of alkyl halides is 3. The number of ether oxygens (including phenoxy) is 1. The number of nitrogens with zero attached hydrogens (tertiary/aromatic N) is 1. The Labute approximate surface area is 176 Å². The summed E-state index contributed by atoms with van der Waals surface area (Å²) in [5.74, 6) is -1.10. The highest BCUT2D eigenvalue weighted by Crippen LogP contribution is 2.31. The van der Waals surface area contributed by atoms with Crippen LogP contribution in [0.3, 0.4) is 0 Å². The van der Waals surface area contributed by atoms with Crippen LogP contribution in [0.2, 0.25) is 0 Å². The number of carbonyl (C=O) groups is 2. The molecule has 0 aliphatic heterocycles. The van der Waals surface area contributed by atoms with Gasteiger partial charge < -0.3 is 14.5 Å². The van der Waals surface area contributed by atoms with Crippen molar-refractivity contribution in [1.29, 1.82) is 0 Å². The lowest BCUT2D eigenvalue weighted by molar-refractivity contribution is -0.274. The Kier molecular flexibility index (Phi) is 5.34. The van der Waals surface area contributed by atoms with Crippen molar-refractivity contribution < 1.29 is 31.9 Å². The summed E-state index contributed by atoms with van der Waals surface area (Å²) in [6.45, 7) is 0. The number of thiazole rings is 1. The van der Waals surface area contributed by atoms with E-state index in [1.165, 1.54) is 36.6 Å². The van der Waals surface area contributed by atoms with Crippen molar-refractivity contribution in [1.82, 2.24) is 4.98 Å². The molecule has 7 nitrogen and oxygen atoms in total. The van der Waals surface area contributed by atoms with E-state index in [4.69, 9.17) is 4.42 Å². The first-order valence-corrected chi connectivity index (χ1v) is 9.51. The number of benzene rings is 2. The quantitative estimate of drug-likeness (QED) is 0.434. The van der Waals surface area contributed by atoms with E-state index in [0.29, 0.717) is 21.5 Å². The third kappa shape index (κ3) is 5.01. The Balaban J connectivity index is 1.42. The van der Waals surface area contributed by atoms with Crippen LogP contribution in [0.4, 0.5) is 24.0 Å². The molecule has 11 heteroatoms. The van der Waals surface area contributed by atoms with Gasteiger partial charge in [-0.05, 0) is 48.5 Å². The zero-order valence-corrected chi connectivity index (χ0v) is 16.2. The lowest BCUT2D eigenvalue weighted by Gasteiger charge is -2.07. The zero-order chi connectivity index (χ0) is 22.0. The molecular formula is C20H12F3N3O4S. The number of nitrogens with one attached hydrogen (secondary N) is 2. The predicted molar refractivity (Wildman–Crippen MR) is 107 cm³/mol. The van der Waals surface area contributed by atoms with Gasteiger partial charge >= 0.3 is 6.36 Å². The average Bonchev–Trinajstić information content (AvgIpc) is 3.36. The van der Waals surface area contributed by atoms with Gasteiger partial charge in [0.1, 0.15) is 5.75 Å². The molecule has 0 saturated carbocycles. The van der Waals surface area contributed by atoms with Crippen LogP contribution in [-0.4, -0.2) is 23.2 Å². The van der Waals surface area contributed by atoms with Crippen molar-refractivity contribution in [2.75, 3.05) is 10.6 Å². The minimum Gasteiger partial charge on any atom is -0.459 e. The third-order valence-electron chi connectivity index (χ3n) is 3.96. The maximum absolute atomic E-state index is 12.4. The fourth-order valence-corrected chi connectivity index (χ4v) is 3.52. The van der Waals surface area contributed by atoms with Crippen molar-refractivity contribution in [3.63, 3.8) is 0 Å². The third-order valence-corrected chi connectivity index (χ3v) is 4.90. The van der Waals surface area contributed by atoms with Crippen LogP contribution >= 0.6 is 11.3 Å². The molecule has 31 heavy (non-hydrogen) atoms. The summed E-state index contributed by atoms with van der Waals surface area (Å²) in [4.78, 5) is 28.6. The van der Waals surface area contributed by atoms with Gasteiger partial charge in [0.2, 0.25) is 0 Å². The summed E-state index contributed by atoms with van der Waals surface area (Å²) < 4.78 is 46.4. The van der Waals surface area contributed by atoms with Crippen molar-refractivity contribution in [2.24, 2.45) is 0 Å². The first-order chi connectivity index (χ1) is 14.8. The summed E-state index contributed by atoms with van der Waals surface area (Å²) in [5.41, 5.74) is 1.19. The number of carbonyl (C=O) groups excluding carboxylic acids is 2. The Hall–Kier alpha value is -3.86. The number of hydrogen-bond donors (Lipinski definition) is 2. The fraction of sp³-hybridized carbons (Fsp3) is 0.0500. The number of anilines is 2. The highest BCUT2D eigenvalue weighted by Gasteiger charge is 2.31. The molecule has 0 aliphatic carbocycles. The van der Waals surface area contributed by atoms with E-state index in [9.17, 15) is 22.8 Å².